The van der Waals surface area contributed by atoms with E-state index in [9.17, 15) is 0 Å². The molecular weight excluding hydrogens is 292 g/mol. The van der Waals surface area contributed by atoms with E-state index >= 15 is 0 Å². The molecule has 0 aliphatic heterocycles. The van der Waals surface area contributed by atoms with Crippen molar-refractivity contribution in [2.45, 2.75) is 33.1 Å². The summed E-state index contributed by atoms with van der Waals surface area (Å²) in [5, 5.41) is 5.23. The van der Waals surface area contributed by atoms with Gasteiger partial charge in [0.2, 0.25) is 5.88 Å². The number of aromatic nitrogens is 2. The molecule has 0 radical (unpaired) electrons. The summed E-state index contributed by atoms with van der Waals surface area (Å²) in [4.78, 5) is 9.40. The third-order valence-electron chi connectivity index (χ3n) is 3.61. The lowest BCUT2D eigenvalue weighted by atomic mass is 9.87. The van der Waals surface area contributed by atoms with E-state index in [2.05, 4.69) is 56.9 Å². The van der Waals surface area contributed by atoms with E-state index in [-0.39, 0.29) is 5.41 Å². The third kappa shape index (κ3) is 2.71. The predicted molar refractivity (Wildman–Crippen MR) is 92.8 cm³/mol. The Morgan fingerprint density at radius 2 is 1.86 bits per heavy atom. The molecule has 0 aliphatic rings. The number of methoxy groups -OCH3 is 1. The molecule has 0 amide bonds. The highest BCUT2D eigenvalue weighted by molar-refractivity contribution is 7.13. The van der Waals surface area contributed by atoms with Crippen LogP contribution in [0.25, 0.3) is 21.5 Å². The molecule has 0 N–H and O–H groups in total. The quantitative estimate of drug-likeness (QED) is 0.670. The molecule has 2 aromatic heterocycles. The van der Waals surface area contributed by atoms with Crippen LogP contribution in [0, 0.1) is 6.92 Å². The number of ether oxygens (including phenoxy) is 1. The van der Waals surface area contributed by atoms with Crippen LogP contribution in [0.5, 0.6) is 5.88 Å². The maximum Gasteiger partial charge on any atom is 0.224 e. The third-order valence-corrected chi connectivity index (χ3v) is 4.45. The second kappa shape index (κ2) is 5.36. The first-order valence-electron chi connectivity index (χ1n) is 7.30. The molecule has 0 fully saturated rings. The number of benzene rings is 1. The van der Waals surface area contributed by atoms with Gasteiger partial charge >= 0.3 is 0 Å². The van der Waals surface area contributed by atoms with Gasteiger partial charge in [-0.3, -0.25) is 0 Å². The van der Waals surface area contributed by atoms with E-state index in [1.165, 1.54) is 16.3 Å². The van der Waals surface area contributed by atoms with Gasteiger partial charge < -0.3 is 4.74 Å². The molecule has 0 bridgehead atoms. The zero-order valence-corrected chi connectivity index (χ0v) is 14.4. The lowest BCUT2D eigenvalue weighted by Gasteiger charge is -2.21. The summed E-state index contributed by atoms with van der Waals surface area (Å²) in [5.74, 6) is 0.642. The first kappa shape index (κ1) is 15.0. The Morgan fingerprint density at radius 3 is 2.50 bits per heavy atom. The normalized spacial score (nSPS) is 11.9. The van der Waals surface area contributed by atoms with Crippen molar-refractivity contribution in [3.05, 3.63) is 40.9 Å². The molecule has 3 nitrogen and oxygen atoms in total. The Labute approximate surface area is 135 Å². The highest BCUT2D eigenvalue weighted by atomic mass is 32.1. The number of hydrogen-bond donors (Lipinski definition) is 0. The van der Waals surface area contributed by atoms with Crippen molar-refractivity contribution < 1.29 is 4.74 Å². The molecule has 114 valence electrons. The van der Waals surface area contributed by atoms with E-state index < -0.39 is 0 Å². The minimum atomic E-state index is -0.0230. The van der Waals surface area contributed by atoms with Crippen molar-refractivity contribution in [1.82, 2.24) is 9.97 Å². The second-order valence-corrected chi connectivity index (χ2v) is 7.38. The van der Waals surface area contributed by atoms with E-state index in [0.717, 1.165) is 16.4 Å². The van der Waals surface area contributed by atoms with Gasteiger partial charge in [0.25, 0.3) is 0 Å². The Balaban J connectivity index is 2.27. The van der Waals surface area contributed by atoms with E-state index in [1.807, 2.05) is 5.38 Å². The molecule has 1 aromatic carbocycles. The fraction of sp³-hybridized carbons (Fsp3) is 0.333. The maximum absolute atomic E-state index is 5.19. The molecule has 0 unspecified atom stereocenters. The number of pyridine rings is 1. The van der Waals surface area contributed by atoms with Gasteiger partial charge in [0.1, 0.15) is 5.01 Å². The van der Waals surface area contributed by atoms with Crippen LogP contribution < -0.4 is 4.74 Å². The summed E-state index contributed by atoms with van der Waals surface area (Å²) in [7, 11) is 1.64. The van der Waals surface area contributed by atoms with Gasteiger partial charge in [0.05, 0.1) is 23.9 Å². The molecule has 3 aromatic rings. The van der Waals surface area contributed by atoms with Crippen molar-refractivity contribution in [2.24, 2.45) is 0 Å². The molecule has 2 heterocycles. The van der Waals surface area contributed by atoms with Crippen LogP contribution in [0.15, 0.2) is 29.6 Å². The summed E-state index contributed by atoms with van der Waals surface area (Å²) < 4.78 is 5.19. The van der Waals surface area contributed by atoms with Gasteiger partial charge in [-0.05, 0) is 18.4 Å². The van der Waals surface area contributed by atoms with Crippen molar-refractivity contribution in [2.75, 3.05) is 7.11 Å². The van der Waals surface area contributed by atoms with Gasteiger partial charge in [-0.15, -0.1) is 11.3 Å². The molecule has 22 heavy (non-hydrogen) atoms. The highest BCUT2D eigenvalue weighted by Gasteiger charge is 2.21. The van der Waals surface area contributed by atoms with Gasteiger partial charge in [0, 0.05) is 10.8 Å². The summed E-state index contributed by atoms with van der Waals surface area (Å²) in [6.07, 6.45) is 0. The Morgan fingerprint density at radius 1 is 1.09 bits per heavy atom. The molecule has 3 rings (SSSR count). The lowest BCUT2D eigenvalue weighted by Crippen LogP contribution is -2.14. The summed E-state index contributed by atoms with van der Waals surface area (Å²) in [6.45, 7) is 8.70. The highest BCUT2D eigenvalue weighted by Crippen LogP contribution is 2.34. The van der Waals surface area contributed by atoms with Crippen molar-refractivity contribution >= 4 is 22.1 Å². The number of nitrogens with zero attached hydrogens (tertiary/aromatic N) is 2. The number of fused-ring (bicyclic) bond motifs is 1. The molecule has 0 spiro atoms. The van der Waals surface area contributed by atoms with Crippen molar-refractivity contribution in [1.29, 1.82) is 0 Å². The summed E-state index contributed by atoms with van der Waals surface area (Å²) >= 11 is 1.56. The van der Waals surface area contributed by atoms with Gasteiger partial charge in [-0.1, -0.05) is 44.5 Å². The van der Waals surface area contributed by atoms with Crippen LogP contribution in [0.1, 0.15) is 32.0 Å². The van der Waals surface area contributed by atoms with Crippen LogP contribution in [-0.2, 0) is 5.41 Å². The summed E-state index contributed by atoms with van der Waals surface area (Å²) in [6, 6.07) is 8.65. The SMILES string of the molecule is COc1csc(-c2cc3cc(C)ccc3c(C(C)(C)C)n2)n1. The smallest absolute Gasteiger partial charge is 0.224 e. The minimum Gasteiger partial charge on any atom is -0.480 e. The van der Waals surface area contributed by atoms with E-state index in [4.69, 9.17) is 9.72 Å². The number of thiazole rings is 1. The van der Waals surface area contributed by atoms with E-state index in [1.54, 1.807) is 18.4 Å². The number of rotatable bonds is 2. The maximum atomic E-state index is 5.19. The summed E-state index contributed by atoms with van der Waals surface area (Å²) in [5.41, 5.74) is 3.25. The van der Waals surface area contributed by atoms with Crippen LogP contribution >= 0.6 is 11.3 Å². The lowest BCUT2D eigenvalue weighted by molar-refractivity contribution is 0.401. The second-order valence-electron chi connectivity index (χ2n) is 6.53. The van der Waals surface area contributed by atoms with Crippen LogP contribution in [-0.4, -0.2) is 17.1 Å². The van der Waals surface area contributed by atoms with Crippen molar-refractivity contribution in [3.8, 4) is 16.6 Å². The van der Waals surface area contributed by atoms with E-state index in [0.29, 0.717) is 5.88 Å². The Bertz CT molecular complexity index is 831. The fourth-order valence-electron chi connectivity index (χ4n) is 2.53. The first-order chi connectivity index (χ1) is 10.4. The van der Waals surface area contributed by atoms with Gasteiger partial charge in [-0.25, -0.2) is 9.97 Å². The standard InChI is InChI=1S/C18H20N2OS/c1-11-6-7-13-12(8-11)9-14(19-16(13)18(2,3)4)17-20-15(21-5)10-22-17/h6-10H,1-5H3. The predicted octanol–water partition coefficient (Wildman–Crippen LogP) is 4.97. The number of hydrogen-bond acceptors (Lipinski definition) is 4. The van der Waals surface area contributed by atoms with Gasteiger partial charge in [-0.2, -0.15) is 0 Å². The average molecular weight is 312 g/mol. The first-order valence-corrected chi connectivity index (χ1v) is 8.18. The van der Waals surface area contributed by atoms with Crippen molar-refractivity contribution in [3.63, 3.8) is 0 Å². The van der Waals surface area contributed by atoms with Gasteiger partial charge in [0.15, 0.2) is 0 Å². The zero-order chi connectivity index (χ0) is 15.9. The molecular formula is C18H20N2OS. The van der Waals surface area contributed by atoms with Crippen LogP contribution in [0.3, 0.4) is 0 Å². The monoisotopic (exact) mass is 312 g/mol. The van der Waals surface area contributed by atoms with Crippen LogP contribution in [0.4, 0.5) is 0 Å². The topological polar surface area (TPSA) is 35.0 Å². The molecule has 0 saturated heterocycles. The Kier molecular flexibility index (Phi) is 3.65. The minimum absolute atomic E-state index is 0.0230. The molecule has 0 atom stereocenters. The molecule has 0 saturated carbocycles. The molecule has 0 aliphatic carbocycles. The number of aryl methyl sites for hydroxylation is 1. The zero-order valence-electron chi connectivity index (χ0n) is 13.6. The van der Waals surface area contributed by atoms with Crippen LogP contribution in [0.2, 0.25) is 0 Å². The average Bonchev–Trinajstić information content (AvgIpc) is 2.93. The fourth-order valence-corrected chi connectivity index (χ4v) is 3.26. The Hall–Kier alpha value is -1.94. The largest absolute Gasteiger partial charge is 0.480 e. The molecule has 4 heteroatoms.